The van der Waals surface area contributed by atoms with Gasteiger partial charge >= 0.3 is 6.09 Å². The molecule has 1 unspecified atom stereocenters. The Morgan fingerprint density at radius 2 is 1.45 bits per heavy atom. The van der Waals surface area contributed by atoms with Gasteiger partial charge in [-0.25, -0.2) is 4.79 Å². The van der Waals surface area contributed by atoms with Crippen LogP contribution < -0.4 is 10.6 Å². The first-order chi connectivity index (χ1) is 24.3. The Bertz CT molecular complexity index is 1900. The van der Waals surface area contributed by atoms with E-state index in [2.05, 4.69) is 34.4 Å². The van der Waals surface area contributed by atoms with Gasteiger partial charge in [-0.05, 0) is 114 Å². The third-order valence-electron chi connectivity index (χ3n) is 9.99. The minimum Gasteiger partial charge on any atom is -0.465 e. The van der Waals surface area contributed by atoms with Crippen LogP contribution in [0.4, 0.5) is 16.2 Å². The smallest absolute Gasteiger partial charge is 0.408 e. The van der Waals surface area contributed by atoms with Crippen LogP contribution in [-0.2, 0) is 14.4 Å². The molecule has 51 heavy (non-hydrogen) atoms. The summed E-state index contributed by atoms with van der Waals surface area (Å²) in [6.07, 6.45) is 1.80. The molecule has 4 aromatic rings. The Kier molecular flexibility index (Phi) is 10.2. The lowest BCUT2D eigenvalue weighted by Gasteiger charge is -2.41. The molecule has 3 atom stereocenters. The third-order valence-corrected chi connectivity index (χ3v) is 9.99. The summed E-state index contributed by atoms with van der Waals surface area (Å²) < 4.78 is 0. The molecular weight excluding hydrogens is 644 g/mol. The first kappa shape index (κ1) is 35.7. The summed E-state index contributed by atoms with van der Waals surface area (Å²) in [7, 11) is 0. The number of likely N-dealkylation sites (tertiary alicyclic amines) is 2. The van der Waals surface area contributed by atoms with E-state index < -0.39 is 29.6 Å². The number of aromatic amines is 1. The number of hydrogen-bond acceptors (Lipinski definition) is 5. The predicted molar refractivity (Wildman–Crippen MR) is 199 cm³/mol. The van der Waals surface area contributed by atoms with E-state index in [0.717, 1.165) is 47.2 Å². The average molecular weight is 693 g/mol. The topological polar surface area (TPSA) is 138 Å². The number of amides is 4. The van der Waals surface area contributed by atoms with E-state index in [1.54, 1.807) is 45.0 Å². The molecule has 2 aliphatic heterocycles. The molecule has 0 spiro atoms. The number of carbonyl (C=O) groups excluding carboxylic acids is 3. The molecule has 2 saturated heterocycles. The molecule has 4 amide bonds. The number of fused-ring (bicyclic) bond motifs is 1. The van der Waals surface area contributed by atoms with Crippen molar-refractivity contribution < 1.29 is 24.3 Å². The zero-order valence-electron chi connectivity index (χ0n) is 30.0. The van der Waals surface area contributed by atoms with E-state index >= 15 is 0 Å². The molecule has 2 fully saturated rings. The Labute approximate surface area is 299 Å². The average Bonchev–Trinajstić information content (AvgIpc) is 3.87. The summed E-state index contributed by atoms with van der Waals surface area (Å²) in [6, 6.07) is 22.7. The molecule has 11 heteroatoms. The Morgan fingerprint density at radius 1 is 0.824 bits per heavy atom. The largest absolute Gasteiger partial charge is 0.465 e. The molecular formula is C40H48N6O5. The number of aromatic nitrogens is 1. The van der Waals surface area contributed by atoms with Crippen molar-refractivity contribution in [2.45, 2.75) is 90.0 Å². The highest BCUT2D eigenvalue weighted by Crippen LogP contribution is 2.34. The van der Waals surface area contributed by atoms with Crippen LogP contribution in [0.3, 0.4) is 0 Å². The van der Waals surface area contributed by atoms with Gasteiger partial charge in [-0.1, -0.05) is 42.5 Å². The number of hydrogen-bond donors (Lipinski definition) is 4. The van der Waals surface area contributed by atoms with Gasteiger partial charge in [0.25, 0.3) is 5.91 Å². The van der Waals surface area contributed by atoms with Crippen molar-refractivity contribution in [3.63, 3.8) is 0 Å². The van der Waals surface area contributed by atoms with Crippen molar-refractivity contribution in [3.8, 4) is 11.3 Å². The molecule has 0 aliphatic carbocycles. The second-order valence-corrected chi connectivity index (χ2v) is 14.9. The first-order valence-electron chi connectivity index (χ1n) is 17.8. The molecule has 0 saturated carbocycles. The highest BCUT2D eigenvalue weighted by molar-refractivity contribution is 6.00. The van der Waals surface area contributed by atoms with E-state index in [9.17, 15) is 24.3 Å². The summed E-state index contributed by atoms with van der Waals surface area (Å²) in [5.41, 5.74) is 3.79. The number of anilines is 2. The fourth-order valence-corrected chi connectivity index (χ4v) is 7.52. The minimum absolute atomic E-state index is 0.0300. The zero-order chi connectivity index (χ0) is 36.4. The first-order valence-corrected chi connectivity index (χ1v) is 17.8. The van der Waals surface area contributed by atoms with Gasteiger partial charge in [0.15, 0.2) is 0 Å². The lowest BCUT2D eigenvalue weighted by atomic mass is 9.97. The van der Waals surface area contributed by atoms with E-state index in [4.69, 9.17) is 0 Å². The number of carbonyl (C=O) groups is 4. The van der Waals surface area contributed by atoms with Gasteiger partial charge in [0.05, 0.1) is 6.04 Å². The van der Waals surface area contributed by atoms with Gasteiger partial charge in [0, 0.05) is 46.1 Å². The molecule has 3 heterocycles. The molecule has 4 N–H and O–H groups in total. The number of nitrogens with zero attached hydrogens (tertiary/aromatic N) is 3. The highest BCUT2D eigenvalue weighted by atomic mass is 16.4. The van der Waals surface area contributed by atoms with Gasteiger partial charge < -0.3 is 25.6 Å². The van der Waals surface area contributed by atoms with E-state index in [1.165, 1.54) is 9.80 Å². The summed E-state index contributed by atoms with van der Waals surface area (Å²) >= 11 is 0. The van der Waals surface area contributed by atoms with Gasteiger partial charge in [0.1, 0.15) is 12.1 Å². The highest BCUT2D eigenvalue weighted by Gasteiger charge is 2.44. The molecule has 1 aromatic heterocycles. The lowest BCUT2D eigenvalue weighted by Crippen LogP contribution is -2.54. The number of H-pyrrole nitrogens is 1. The number of carboxylic acid groups (broad SMARTS) is 1. The van der Waals surface area contributed by atoms with Crippen LogP contribution in [0.2, 0.25) is 0 Å². The molecule has 3 aromatic carbocycles. The van der Waals surface area contributed by atoms with Crippen LogP contribution in [0.5, 0.6) is 0 Å². The molecule has 268 valence electrons. The van der Waals surface area contributed by atoms with Crippen LogP contribution >= 0.6 is 0 Å². The van der Waals surface area contributed by atoms with E-state index in [-0.39, 0.29) is 17.9 Å². The van der Waals surface area contributed by atoms with Crippen molar-refractivity contribution in [1.29, 1.82) is 0 Å². The number of nitrogens with one attached hydrogen (secondary N) is 3. The van der Waals surface area contributed by atoms with Crippen LogP contribution in [0, 0.1) is 0 Å². The predicted octanol–water partition coefficient (Wildman–Crippen LogP) is 7.10. The van der Waals surface area contributed by atoms with Crippen LogP contribution in [0.15, 0.2) is 78.9 Å². The summed E-state index contributed by atoms with van der Waals surface area (Å²) in [6.45, 7) is 10.8. The van der Waals surface area contributed by atoms with Gasteiger partial charge in [0.2, 0.25) is 11.8 Å². The minimum atomic E-state index is -1.20. The summed E-state index contributed by atoms with van der Waals surface area (Å²) in [5.74, 6) is -0.696. The van der Waals surface area contributed by atoms with Crippen molar-refractivity contribution in [2.24, 2.45) is 0 Å². The van der Waals surface area contributed by atoms with Gasteiger partial charge in [-0.2, -0.15) is 0 Å². The standard InChI is InChI=1S/C40H48N6O5/c1-25(2)44-21-9-13-33(44)36(47)41-29-17-15-26(16-18-29)32-24-28-23-30(19-20-31(28)43-32)42-37(48)34-14-10-22-45(34)38(49)35(27-11-7-6-8-12-27)46(39(50)51)40(3,4)5/h6-8,11-12,15-20,23-25,33-35,43H,9-10,13-14,21-22H2,1-5H3,(H,41,47)(H,42,48)(H,50,51)/t33?,34-,35+/m0/s1. The molecule has 0 bridgehead atoms. The van der Waals surface area contributed by atoms with Gasteiger partial charge in [-0.15, -0.1) is 0 Å². The third kappa shape index (κ3) is 7.63. The Morgan fingerprint density at radius 3 is 2.12 bits per heavy atom. The zero-order valence-corrected chi connectivity index (χ0v) is 30.0. The number of benzene rings is 3. The van der Waals surface area contributed by atoms with E-state index in [0.29, 0.717) is 36.7 Å². The summed E-state index contributed by atoms with van der Waals surface area (Å²) in [5, 5.41) is 17.2. The maximum Gasteiger partial charge on any atom is 0.408 e. The molecule has 2 aliphatic rings. The maximum atomic E-state index is 14.2. The quantitative estimate of drug-likeness (QED) is 0.148. The number of rotatable bonds is 9. The van der Waals surface area contributed by atoms with Crippen LogP contribution in [0.1, 0.15) is 71.9 Å². The fraction of sp³-hybridized carbons (Fsp3) is 0.400. The normalized spacial score (nSPS) is 18.6. The monoisotopic (exact) mass is 692 g/mol. The fourth-order valence-electron chi connectivity index (χ4n) is 7.52. The maximum absolute atomic E-state index is 14.2. The second kappa shape index (κ2) is 14.6. The van der Waals surface area contributed by atoms with E-state index in [1.807, 2.05) is 54.6 Å². The van der Waals surface area contributed by atoms with Crippen LogP contribution in [-0.4, -0.2) is 85.4 Å². The Balaban J connectivity index is 1.15. The van der Waals surface area contributed by atoms with Crippen LogP contribution in [0.25, 0.3) is 22.2 Å². The molecule has 6 rings (SSSR count). The molecule has 11 nitrogen and oxygen atoms in total. The lowest BCUT2D eigenvalue weighted by molar-refractivity contribution is -0.142. The van der Waals surface area contributed by atoms with Crippen molar-refractivity contribution in [2.75, 3.05) is 23.7 Å². The van der Waals surface area contributed by atoms with Gasteiger partial charge in [-0.3, -0.25) is 24.2 Å². The van der Waals surface area contributed by atoms with Crippen molar-refractivity contribution in [1.82, 2.24) is 19.7 Å². The molecule has 0 radical (unpaired) electrons. The second-order valence-electron chi connectivity index (χ2n) is 14.9. The SMILES string of the molecule is CC(C)N1CCCC1C(=O)Nc1ccc(-c2cc3cc(NC(=O)[C@@H]4CCCN4C(=O)[C@@H](c4ccccc4)N(C(=O)O)C(C)(C)C)ccc3[nH]2)cc1. The summed E-state index contributed by atoms with van der Waals surface area (Å²) in [4.78, 5) is 61.8. The van der Waals surface area contributed by atoms with Crippen molar-refractivity contribution in [3.05, 3.63) is 84.4 Å². The van der Waals surface area contributed by atoms with Crippen molar-refractivity contribution >= 4 is 46.1 Å². The Hall–Kier alpha value is -5.16.